The zero-order valence-electron chi connectivity index (χ0n) is 13.2. The van der Waals surface area contributed by atoms with Crippen molar-refractivity contribution in [2.45, 2.75) is 33.1 Å². The second kappa shape index (κ2) is 7.76. The third-order valence-electron chi connectivity index (χ3n) is 3.76. The molecule has 1 amide bonds. The highest BCUT2D eigenvalue weighted by molar-refractivity contribution is 5.74. The lowest BCUT2D eigenvalue weighted by Crippen LogP contribution is -2.27. The highest BCUT2D eigenvalue weighted by Gasteiger charge is 2.07. The first-order chi connectivity index (χ1) is 10.6. The summed E-state index contributed by atoms with van der Waals surface area (Å²) in [7, 11) is 0. The molecule has 0 heterocycles. The molecule has 116 valence electrons. The molecule has 0 aliphatic heterocycles. The number of aryl methyl sites for hydroxylation is 2. The largest absolute Gasteiger partial charge is 0.286 e. The molecular weight excluding hydrogens is 274 g/mol. The van der Waals surface area contributed by atoms with Crippen LogP contribution < -0.4 is 0 Å². The van der Waals surface area contributed by atoms with Gasteiger partial charge in [-0.25, -0.2) is 5.06 Å². The summed E-state index contributed by atoms with van der Waals surface area (Å²) in [6, 6.07) is 16.9. The number of carbonyl (C=O) groups excluding carboxylic acids is 1. The van der Waals surface area contributed by atoms with Crippen LogP contribution in [0.2, 0.25) is 0 Å². The number of rotatable bonds is 6. The molecule has 0 spiro atoms. The number of carbonyl (C=O) groups is 1. The lowest BCUT2D eigenvalue weighted by molar-refractivity contribution is -0.165. The molecule has 2 aromatic rings. The van der Waals surface area contributed by atoms with E-state index in [4.69, 9.17) is 0 Å². The molecule has 0 aromatic heterocycles. The predicted molar refractivity (Wildman–Crippen MR) is 88.7 cm³/mol. The SMILES string of the molecule is CCC(=O)N(O)CCCc1ccc(-c2ccc(C)cc2)cc1. The van der Waals surface area contributed by atoms with Gasteiger partial charge in [-0.3, -0.25) is 10.0 Å². The highest BCUT2D eigenvalue weighted by Crippen LogP contribution is 2.20. The van der Waals surface area contributed by atoms with Crippen molar-refractivity contribution < 1.29 is 10.0 Å². The molecule has 3 heteroatoms. The van der Waals surface area contributed by atoms with Crippen LogP contribution in [0, 0.1) is 6.92 Å². The zero-order chi connectivity index (χ0) is 15.9. The Morgan fingerprint density at radius 1 is 1.00 bits per heavy atom. The fraction of sp³-hybridized carbons (Fsp3) is 0.316. The van der Waals surface area contributed by atoms with Crippen molar-refractivity contribution in [2.75, 3.05) is 6.54 Å². The molecular formula is C19H23NO2. The van der Waals surface area contributed by atoms with Crippen molar-refractivity contribution in [2.24, 2.45) is 0 Å². The van der Waals surface area contributed by atoms with E-state index in [0.717, 1.165) is 17.9 Å². The zero-order valence-corrected chi connectivity index (χ0v) is 13.2. The van der Waals surface area contributed by atoms with Gasteiger partial charge < -0.3 is 0 Å². The summed E-state index contributed by atoms with van der Waals surface area (Å²) in [6.45, 7) is 4.21. The van der Waals surface area contributed by atoms with Gasteiger partial charge in [0.25, 0.3) is 0 Å². The van der Waals surface area contributed by atoms with E-state index in [9.17, 15) is 10.0 Å². The van der Waals surface area contributed by atoms with Gasteiger partial charge in [0.1, 0.15) is 0 Å². The Labute approximate surface area is 132 Å². The Bertz CT molecular complexity index is 602. The lowest BCUT2D eigenvalue weighted by Gasteiger charge is -2.13. The summed E-state index contributed by atoms with van der Waals surface area (Å²) in [5, 5.41) is 10.3. The average molecular weight is 297 g/mol. The summed E-state index contributed by atoms with van der Waals surface area (Å²) >= 11 is 0. The minimum atomic E-state index is -0.227. The highest BCUT2D eigenvalue weighted by atomic mass is 16.5. The van der Waals surface area contributed by atoms with Gasteiger partial charge in [-0.1, -0.05) is 61.0 Å². The first-order valence-corrected chi connectivity index (χ1v) is 7.75. The van der Waals surface area contributed by atoms with Gasteiger partial charge in [0.15, 0.2) is 0 Å². The summed E-state index contributed by atoms with van der Waals surface area (Å²) in [6.07, 6.45) is 1.94. The normalized spacial score (nSPS) is 10.5. The molecule has 22 heavy (non-hydrogen) atoms. The van der Waals surface area contributed by atoms with Crippen LogP contribution in [0.25, 0.3) is 11.1 Å². The number of hydroxylamine groups is 2. The Hall–Kier alpha value is -2.13. The smallest absolute Gasteiger partial charge is 0.245 e. The number of hydrogen-bond donors (Lipinski definition) is 1. The molecule has 0 unspecified atom stereocenters. The molecule has 0 radical (unpaired) electrons. The molecule has 0 fully saturated rings. The second-order valence-corrected chi connectivity index (χ2v) is 5.54. The molecule has 2 rings (SSSR count). The summed E-state index contributed by atoms with van der Waals surface area (Å²) < 4.78 is 0. The van der Waals surface area contributed by atoms with E-state index in [1.807, 2.05) is 0 Å². The third kappa shape index (κ3) is 4.43. The average Bonchev–Trinajstić information content (AvgIpc) is 2.55. The van der Waals surface area contributed by atoms with Crippen LogP contribution in [0.3, 0.4) is 0 Å². The molecule has 3 nitrogen and oxygen atoms in total. The van der Waals surface area contributed by atoms with Gasteiger partial charge in [-0.15, -0.1) is 0 Å². The van der Waals surface area contributed by atoms with Crippen LogP contribution in [-0.2, 0) is 11.2 Å². The minimum Gasteiger partial charge on any atom is -0.286 e. The van der Waals surface area contributed by atoms with Crippen LogP contribution in [-0.4, -0.2) is 22.7 Å². The van der Waals surface area contributed by atoms with E-state index < -0.39 is 0 Å². The van der Waals surface area contributed by atoms with Crippen molar-refractivity contribution in [1.82, 2.24) is 5.06 Å². The maximum atomic E-state index is 11.3. The van der Waals surface area contributed by atoms with Gasteiger partial charge in [-0.05, 0) is 36.5 Å². The van der Waals surface area contributed by atoms with Gasteiger partial charge in [0, 0.05) is 13.0 Å². The summed E-state index contributed by atoms with van der Waals surface area (Å²) in [5.74, 6) is -0.227. The van der Waals surface area contributed by atoms with Crippen molar-refractivity contribution in [3.8, 4) is 11.1 Å². The Morgan fingerprint density at radius 3 is 2.09 bits per heavy atom. The lowest BCUT2D eigenvalue weighted by atomic mass is 10.0. The predicted octanol–water partition coefficient (Wildman–Crippen LogP) is 4.22. The standard InChI is InChI=1S/C19H23NO2/c1-3-19(21)20(22)14-4-5-16-8-12-18(13-9-16)17-10-6-15(2)7-11-17/h6-13,22H,3-5,14H2,1-2H3. The number of hydrogen-bond acceptors (Lipinski definition) is 2. The maximum absolute atomic E-state index is 11.3. The third-order valence-corrected chi connectivity index (χ3v) is 3.76. The Kier molecular flexibility index (Phi) is 5.73. The van der Waals surface area contributed by atoms with Crippen LogP contribution >= 0.6 is 0 Å². The first-order valence-electron chi connectivity index (χ1n) is 7.75. The molecule has 0 atom stereocenters. The van der Waals surface area contributed by atoms with E-state index in [2.05, 4.69) is 55.5 Å². The van der Waals surface area contributed by atoms with E-state index >= 15 is 0 Å². The number of benzene rings is 2. The summed E-state index contributed by atoms with van der Waals surface area (Å²) in [4.78, 5) is 11.3. The Balaban J connectivity index is 1.89. The van der Waals surface area contributed by atoms with Gasteiger partial charge in [-0.2, -0.15) is 0 Å². The fourth-order valence-corrected chi connectivity index (χ4v) is 2.35. The van der Waals surface area contributed by atoms with Crippen molar-refractivity contribution >= 4 is 5.91 Å². The molecule has 0 aliphatic carbocycles. The number of amides is 1. The van der Waals surface area contributed by atoms with Crippen LogP contribution in [0.1, 0.15) is 30.9 Å². The number of nitrogens with zero attached hydrogens (tertiary/aromatic N) is 1. The molecule has 0 aliphatic rings. The topological polar surface area (TPSA) is 40.5 Å². The summed E-state index contributed by atoms with van der Waals surface area (Å²) in [5.41, 5.74) is 4.89. The minimum absolute atomic E-state index is 0.227. The first kappa shape index (κ1) is 16.2. The van der Waals surface area contributed by atoms with Gasteiger partial charge in [0.2, 0.25) is 5.91 Å². The van der Waals surface area contributed by atoms with Crippen molar-refractivity contribution in [1.29, 1.82) is 0 Å². The maximum Gasteiger partial charge on any atom is 0.245 e. The fourth-order valence-electron chi connectivity index (χ4n) is 2.35. The molecule has 0 bridgehead atoms. The van der Waals surface area contributed by atoms with Crippen molar-refractivity contribution in [3.63, 3.8) is 0 Å². The van der Waals surface area contributed by atoms with E-state index in [1.165, 1.54) is 22.3 Å². The molecule has 1 N–H and O–H groups in total. The molecule has 0 saturated heterocycles. The van der Waals surface area contributed by atoms with E-state index in [0.29, 0.717) is 13.0 Å². The second-order valence-electron chi connectivity index (χ2n) is 5.54. The van der Waals surface area contributed by atoms with E-state index in [1.54, 1.807) is 6.92 Å². The molecule has 0 saturated carbocycles. The Morgan fingerprint density at radius 2 is 1.55 bits per heavy atom. The van der Waals surface area contributed by atoms with Crippen LogP contribution in [0.4, 0.5) is 0 Å². The van der Waals surface area contributed by atoms with Crippen LogP contribution in [0.5, 0.6) is 0 Å². The van der Waals surface area contributed by atoms with E-state index in [-0.39, 0.29) is 5.91 Å². The van der Waals surface area contributed by atoms with Gasteiger partial charge in [0.05, 0.1) is 0 Å². The van der Waals surface area contributed by atoms with Gasteiger partial charge >= 0.3 is 0 Å². The molecule has 2 aromatic carbocycles. The quantitative estimate of drug-likeness (QED) is 0.640. The van der Waals surface area contributed by atoms with Crippen molar-refractivity contribution in [3.05, 3.63) is 59.7 Å². The monoisotopic (exact) mass is 297 g/mol. The van der Waals surface area contributed by atoms with Crippen LogP contribution in [0.15, 0.2) is 48.5 Å².